The van der Waals surface area contributed by atoms with Gasteiger partial charge < -0.3 is 14.7 Å². The van der Waals surface area contributed by atoms with Gasteiger partial charge in [-0.25, -0.2) is 9.97 Å². The topological polar surface area (TPSA) is 58.5 Å². The molecule has 5 heteroatoms. The monoisotopic (exact) mass is 291 g/mol. The number of ether oxygens (including phenoxy) is 1. The number of aromatic nitrogens is 2. The van der Waals surface area contributed by atoms with Crippen LogP contribution in [0.25, 0.3) is 0 Å². The molecule has 0 aromatic carbocycles. The molecule has 1 saturated heterocycles. The van der Waals surface area contributed by atoms with Crippen LogP contribution >= 0.6 is 0 Å². The average molecular weight is 291 g/mol. The molecular weight excluding hydrogens is 266 g/mol. The molecule has 3 rings (SSSR count). The fraction of sp³-hybridized carbons (Fsp3) is 0.750. The Kier molecular flexibility index (Phi) is 3.88. The standard InChI is InChI=1S/C16H25N3O2/c1-4-21-14-10-13(20)16(14)5-7-19(8-6-16)15-9-11(2)17-12(3)18-15/h9,13-14,20H,4-8,10H2,1-3H3/t13-,14+/m1/s1. The molecule has 2 heterocycles. The quantitative estimate of drug-likeness (QED) is 0.921. The van der Waals surface area contributed by atoms with Gasteiger partial charge in [-0.3, -0.25) is 0 Å². The van der Waals surface area contributed by atoms with Gasteiger partial charge in [0.1, 0.15) is 11.6 Å². The Labute approximate surface area is 126 Å². The van der Waals surface area contributed by atoms with Crippen molar-refractivity contribution in [3.05, 3.63) is 17.6 Å². The Morgan fingerprint density at radius 3 is 2.62 bits per heavy atom. The van der Waals surface area contributed by atoms with Crippen molar-refractivity contribution in [3.8, 4) is 0 Å². The van der Waals surface area contributed by atoms with Gasteiger partial charge in [0.15, 0.2) is 0 Å². The Morgan fingerprint density at radius 2 is 2.05 bits per heavy atom. The van der Waals surface area contributed by atoms with E-state index in [1.165, 1.54) is 0 Å². The SMILES string of the molecule is CCO[C@H]1C[C@@H](O)C12CCN(c1cc(C)nc(C)n1)CC2. The fourth-order valence-electron chi connectivity index (χ4n) is 3.83. The minimum absolute atomic E-state index is 0.0242. The summed E-state index contributed by atoms with van der Waals surface area (Å²) in [7, 11) is 0. The number of aliphatic hydroxyl groups excluding tert-OH is 1. The fourth-order valence-corrected chi connectivity index (χ4v) is 3.83. The van der Waals surface area contributed by atoms with E-state index in [1.807, 2.05) is 26.8 Å². The van der Waals surface area contributed by atoms with Crippen LogP contribution in [0.3, 0.4) is 0 Å². The molecule has 1 aromatic heterocycles. The van der Waals surface area contributed by atoms with E-state index in [4.69, 9.17) is 4.74 Å². The zero-order chi connectivity index (χ0) is 15.0. The molecular formula is C16H25N3O2. The van der Waals surface area contributed by atoms with Crippen molar-refractivity contribution in [2.45, 2.75) is 52.2 Å². The molecule has 1 saturated carbocycles. The molecule has 116 valence electrons. The highest BCUT2D eigenvalue weighted by Crippen LogP contribution is 2.51. The van der Waals surface area contributed by atoms with Crippen LogP contribution in [0.5, 0.6) is 0 Å². The van der Waals surface area contributed by atoms with Crippen molar-refractivity contribution in [3.63, 3.8) is 0 Å². The summed E-state index contributed by atoms with van der Waals surface area (Å²) in [5, 5.41) is 10.2. The molecule has 0 unspecified atom stereocenters. The Balaban J connectivity index is 1.70. The highest BCUT2D eigenvalue weighted by Gasteiger charge is 2.56. The van der Waals surface area contributed by atoms with E-state index in [0.29, 0.717) is 0 Å². The van der Waals surface area contributed by atoms with Gasteiger partial charge in [-0.15, -0.1) is 0 Å². The van der Waals surface area contributed by atoms with Crippen LogP contribution in [-0.4, -0.2) is 47.0 Å². The maximum absolute atomic E-state index is 10.2. The van der Waals surface area contributed by atoms with Crippen molar-refractivity contribution in [2.24, 2.45) is 5.41 Å². The molecule has 1 aliphatic carbocycles. The molecule has 1 spiro atoms. The van der Waals surface area contributed by atoms with Gasteiger partial charge in [-0.1, -0.05) is 0 Å². The number of aryl methyl sites for hydroxylation is 2. The lowest BCUT2D eigenvalue weighted by Crippen LogP contribution is -2.62. The molecule has 2 atom stereocenters. The van der Waals surface area contributed by atoms with Crippen molar-refractivity contribution in [2.75, 3.05) is 24.6 Å². The van der Waals surface area contributed by atoms with Crippen LogP contribution in [0.15, 0.2) is 6.07 Å². The van der Waals surface area contributed by atoms with E-state index in [0.717, 1.165) is 56.3 Å². The number of nitrogens with zero attached hydrogens (tertiary/aromatic N) is 3. The summed E-state index contributed by atoms with van der Waals surface area (Å²) < 4.78 is 5.82. The van der Waals surface area contributed by atoms with Crippen molar-refractivity contribution in [1.29, 1.82) is 0 Å². The molecule has 1 N–H and O–H groups in total. The van der Waals surface area contributed by atoms with Gasteiger partial charge in [0.2, 0.25) is 0 Å². The molecule has 0 bridgehead atoms. The second-order valence-corrected chi connectivity index (χ2v) is 6.33. The number of rotatable bonds is 3. The first-order valence-electron chi connectivity index (χ1n) is 7.92. The minimum Gasteiger partial charge on any atom is -0.392 e. The second kappa shape index (κ2) is 5.54. The normalized spacial score (nSPS) is 27.7. The summed E-state index contributed by atoms with van der Waals surface area (Å²) in [5.74, 6) is 1.83. The van der Waals surface area contributed by atoms with E-state index in [9.17, 15) is 5.11 Å². The molecule has 0 radical (unpaired) electrons. The van der Waals surface area contributed by atoms with Gasteiger partial charge in [0.05, 0.1) is 12.2 Å². The maximum Gasteiger partial charge on any atom is 0.132 e. The number of anilines is 1. The number of aliphatic hydroxyl groups is 1. The van der Waals surface area contributed by atoms with Crippen LogP contribution < -0.4 is 4.90 Å². The van der Waals surface area contributed by atoms with Crippen molar-refractivity contribution < 1.29 is 9.84 Å². The van der Waals surface area contributed by atoms with Gasteiger partial charge in [0, 0.05) is 43.3 Å². The van der Waals surface area contributed by atoms with Crippen LogP contribution in [0.2, 0.25) is 0 Å². The van der Waals surface area contributed by atoms with Gasteiger partial charge in [-0.05, 0) is 33.6 Å². The van der Waals surface area contributed by atoms with Crippen molar-refractivity contribution >= 4 is 5.82 Å². The highest BCUT2D eigenvalue weighted by molar-refractivity contribution is 5.40. The first-order valence-corrected chi connectivity index (χ1v) is 7.92. The second-order valence-electron chi connectivity index (χ2n) is 6.33. The molecule has 0 amide bonds. The van der Waals surface area contributed by atoms with Crippen LogP contribution in [-0.2, 0) is 4.74 Å². The van der Waals surface area contributed by atoms with E-state index < -0.39 is 0 Å². The third-order valence-electron chi connectivity index (χ3n) is 5.08. The molecule has 21 heavy (non-hydrogen) atoms. The number of hydrogen-bond acceptors (Lipinski definition) is 5. The first kappa shape index (κ1) is 14.7. The Bertz CT molecular complexity index is 490. The maximum atomic E-state index is 10.2. The largest absolute Gasteiger partial charge is 0.392 e. The summed E-state index contributed by atoms with van der Waals surface area (Å²) in [6.45, 7) is 8.55. The average Bonchev–Trinajstić information content (AvgIpc) is 2.46. The zero-order valence-electron chi connectivity index (χ0n) is 13.2. The minimum atomic E-state index is -0.204. The molecule has 5 nitrogen and oxygen atoms in total. The highest BCUT2D eigenvalue weighted by atomic mass is 16.5. The van der Waals surface area contributed by atoms with Crippen LogP contribution in [0.1, 0.15) is 37.7 Å². The molecule has 1 aromatic rings. The summed E-state index contributed by atoms with van der Waals surface area (Å²) in [6, 6.07) is 2.04. The van der Waals surface area contributed by atoms with Crippen LogP contribution in [0.4, 0.5) is 5.82 Å². The third-order valence-corrected chi connectivity index (χ3v) is 5.08. The van der Waals surface area contributed by atoms with E-state index >= 15 is 0 Å². The number of piperidine rings is 1. The lowest BCUT2D eigenvalue weighted by atomic mass is 9.58. The molecule has 2 aliphatic rings. The molecule has 1 aliphatic heterocycles. The first-order chi connectivity index (χ1) is 10.0. The van der Waals surface area contributed by atoms with Gasteiger partial charge >= 0.3 is 0 Å². The van der Waals surface area contributed by atoms with E-state index in [-0.39, 0.29) is 17.6 Å². The zero-order valence-corrected chi connectivity index (χ0v) is 13.2. The summed E-state index contributed by atoms with van der Waals surface area (Å²) >= 11 is 0. The lowest BCUT2D eigenvalue weighted by molar-refractivity contribution is -0.199. The predicted octanol–water partition coefficient (Wildman–Crippen LogP) is 1.85. The third kappa shape index (κ3) is 2.53. The van der Waals surface area contributed by atoms with Gasteiger partial charge in [0.25, 0.3) is 0 Å². The smallest absolute Gasteiger partial charge is 0.132 e. The molecule has 2 fully saturated rings. The van der Waals surface area contributed by atoms with Gasteiger partial charge in [-0.2, -0.15) is 0 Å². The van der Waals surface area contributed by atoms with E-state index in [2.05, 4.69) is 14.9 Å². The Hall–Kier alpha value is -1.20. The van der Waals surface area contributed by atoms with Crippen molar-refractivity contribution in [1.82, 2.24) is 9.97 Å². The summed E-state index contributed by atoms with van der Waals surface area (Å²) in [5.41, 5.74) is 0.984. The predicted molar refractivity (Wildman–Crippen MR) is 81.4 cm³/mol. The number of hydrogen-bond donors (Lipinski definition) is 1. The summed E-state index contributed by atoms with van der Waals surface area (Å²) in [6.07, 6.45) is 2.76. The van der Waals surface area contributed by atoms with E-state index in [1.54, 1.807) is 0 Å². The lowest BCUT2D eigenvalue weighted by Gasteiger charge is -2.56. The summed E-state index contributed by atoms with van der Waals surface area (Å²) in [4.78, 5) is 11.2. The Morgan fingerprint density at radius 1 is 1.33 bits per heavy atom. The van der Waals surface area contributed by atoms with Crippen LogP contribution in [0, 0.1) is 19.3 Å².